The number of carbonyl (C=O) groups is 1. The number of fused-ring (bicyclic) bond motifs is 3. The van der Waals surface area contributed by atoms with Gasteiger partial charge < -0.3 is 9.72 Å². The molecule has 0 radical (unpaired) electrons. The van der Waals surface area contributed by atoms with Crippen molar-refractivity contribution in [2.24, 2.45) is 0 Å². The maximum absolute atomic E-state index is 12.0. The summed E-state index contributed by atoms with van der Waals surface area (Å²) in [5.41, 5.74) is 3.11. The molecule has 0 saturated heterocycles. The van der Waals surface area contributed by atoms with Crippen LogP contribution in [0.2, 0.25) is 0 Å². The Hall–Kier alpha value is -1.94. The summed E-state index contributed by atoms with van der Waals surface area (Å²) in [4.78, 5) is 16.7. The molecule has 3 aromatic rings. The minimum atomic E-state index is -0.188. The van der Waals surface area contributed by atoms with Crippen LogP contribution in [-0.2, 0) is 16.0 Å². The first-order chi connectivity index (χ1) is 10.6. The number of aromatic nitrogens is 1. The van der Waals surface area contributed by atoms with E-state index in [1.165, 1.54) is 15.7 Å². The van der Waals surface area contributed by atoms with Gasteiger partial charge in [0.25, 0.3) is 0 Å². The van der Waals surface area contributed by atoms with Gasteiger partial charge in [0.05, 0.1) is 18.0 Å². The van der Waals surface area contributed by atoms with Gasteiger partial charge in [0.1, 0.15) is 0 Å². The molecule has 0 amide bonds. The molecule has 0 atom stereocenters. The van der Waals surface area contributed by atoms with Crippen molar-refractivity contribution < 1.29 is 9.53 Å². The highest BCUT2D eigenvalue weighted by atomic mass is 32.2. The number of rotatable bonds is 4. The van der Waals surface area contributed by atoms with Crippen LogP contribution in [0.15, 0.2) is 41.3 Å². The Morgan fingerprint density at radius 1 is 1.23 bits per heavy atom. The smallest absolute Gasteiger partial charge is 0.310 e. The topological polar surface area (TPSA) is 42.1 Å². The second-order valence-electron chi connectivity index (χ2n) is 5.56. The summed E-state index contributed by atoms with van der Waals surface area (Å²) in [5, 5.41) is 2.39. The minimum absolute atomic E-state index is 0.0869. The Bertz CT molecular complexity index is 836. The molecule has 0 aliphatic carbocycles. The largest absolute Gasteiger partial charge is 0.463 e. The summed E-state index contributed by atoms with van der Waals surface area (Å²) >= 11 is 1.72. The first kappa shape index (κ1) is 15.0. The van der Waals surface area contributed by atoms with E-state index in [-0.39, 0.29) is 18.5 Å². The van der Waals surface area contributed by atoms with Crippen LogP contribution >= 0.6 is 11.8 Å². The van der Waals surface area contributed by atoms with Crippen molar-refractivity contribution in [3.63, 3.8) is 0 Å². The number of aromatic amines is 1. The van der Waals surface area contributed by atoms with Crippen LogP contribution in [0.1, 0.15) is 19.4 Å². The van der Waals surface area contributed by atoms with E-state index in [9.17, 15) is 4.79 Å². The second-order valence-corrected chi connectivity index (χ2v) is 6.41. The number of hydrogen-bond acceptors (Lipinski definition) is 3. The number of nitrogens with one attached hydrogen (secondary N) is 1. The van der Waals surface area contributed by atoms with Gasteiger partial charge in [-0.15, -0.1) is 11.8 Å². The fraction of sp³-hybridized carbons (Fsp3) is 0.278. The summed E-state index contributed by atoms with van der Waals surface area (Å²) in [5.74, 6) is -0.188. The van der Waals surface area contributed by atoms with E-state index in [4.69, 9.17) is 4.74 Å². The van der Waals surface area contributed by atoms with Gasteiger partial charge in [0.15, 0.2) is 0 Å². The molecule has 22 heavy (non-hydrogen) atoms. The number of para-hydroxylation sites is 1. The quantitative estimate of drug-likeness (QED) is 0.568. The summed E-state index contributed by atoms with van der Waals surface area (Å²) in [6.45, 7) is 3.74. The molecular weight excluding hydrogens is 294 g/mol. The SMILES string of the molecule is CSc1ccc(CC(=O)OC(C)C)c2[nH]c3ccccc3c12. The van der Waals surface area contributed by atoms with E-state index in [1.807, 2.05) is 32.0 Å². The van der Waals surface area contributed by atoms with Crippen molar-refractivity contribution >= 4 is 39.5 Å². The third kappa shape index (κ3) is 2.71. The minimum Gasteiger partial charge on any atom is -0.463 e. The van der Waals surface area contributed by atoms with E-state index in [2.05, 4.69) is 29.4 Å². The number of thioether (sulfide) groups is 1. The van der Waals surface area contributed by atoms with Gasteiger partial charge >= 0.3 is 5.97 Å². The molecule has 0 spiro atoms. The molecule has 0 aliphatic heterocycles. The normalized spacial score (nSPS) is 11.5. The Balaban J connectivity index is 2.14. The molecule has 0 fully saturated rings. The number of hydrogen-bond donors (Lipinski definition) is 1. The molecule has 0 saturated carbocycles. The molecule has 0 unspecified atom stereocenters. The fourth-order valence-electron chi connectivity index (χ4n) is 2.76. The molecule has 0 aliphatic rings. The first-order valence-corrected chi connectivity index (χ1v) is 8.58. The molecule has 1 heterocycles. The number of H-pyrrole nitrogens is 1. The lowest BCUT2D eigenvalue weighted by molar-refractivity contribution is -0.146. The van der Waals surface area contributed by atoms with Crippen molar-refractivity contribution in [1.82, 2.24) is 4.98 Å². The maximum Gasteiger partial charge on any atom is 0.310 e. The first-order valence-electron chi connectivity index (χ1n) is 7.36. The summed E-state index contributed by atoms with van der Waals surface area (Å²) in [7, 11) is 0. The van der Waals surface area contributed by atoms with Gasteiger partial charge in [-0.3, -0.25) is 4.79 Å². The van der Waals surface area contributed by atoms with E-state index < -0.39 is 0 Å². The molecule has 1 aromatic heterocycles. The van der Waals surface area contributed by atoms with Crippen LogP contribution in [-0.4, -0.2) is 23.3 Å². The van der Waals surface area contributed by atoms with Crippen LogP contribution in [0.25, 0.3) is 21.8 Å². The van der Waals surface area contributed by atoms with Gasteiger partial charge in [-0.25, -0.2) is 0 Å². The van der Waals surface area contributed by atoms with Crippen LogP contribution in [0.5, 0.6) is 0 Å². The van der Waals surface area contributed by atoms with Gasteiger partial charge in [-0.05, 0) is 37.8 Å². The molecule has 114 valence electrons. The lowest BCUT2D eigenvalue weighted by atomic mass is 10.1. The zero-order chi connectivity index (χ0) is 15.7. The summed E-state index contributed by atoms with van der Waals surface area (Å²) in [6, 6.07) is 12.3. The van der Waals surface area contributed by atoms with E-state index >= 15 is 0 Å². The summed E-state index contributed by atoms with van der Waals surface area (Å²) < 4.78 is 5.28. The van der Waals surface area contributed by atoms with Crippen LogP contribution in [0.4, 0.5) is 0 Å². The molecule has 3 rings (SSSR count). The van der Waals surface area contributed by atoms with Gasteiger partial charge in [0.2, 0.25) is 0 Å². The highest BCUT2D eigenvalue weighted by Gasteiger charge is 2.15. The average molecular weight is 313 g/mol. The van der Waals surface area contributed by atoms with E-state index in [0.29, 0.717) is 0 Å². The monoisotopic (exact) mass is 313 g/mol. The van der Waals surface area contributed by atoms with Gasteiger partial charge in [-0.1, -0.05) is 24.3 Å². The molecule has 0 bridgehead atoms. The van der Waals surface area contributed by atoms with Crippen molar-refractivity contribution in [3.8, 4) is 0 Å². The lowest BCUT2D eigenvalue weighted by Crippen LogP contribution is -2.13. The Morgan fingerprint density at radius 3 is 2.73 bits per heavy atom. The molecule has 4 heteroatoms. The van der Waals surface area contributed by atoms with E-state index in [0.717, 1.165) is 16.6 Å². The summed E-state index contributed by atoms with van der Waals surface area (Å²) in [6.07, 6.45) is 2.27. The van der Waals surface area contributed by atoms with Crippen LogP contribution < -0.4 is 0 Å². The maximum atomic E-state index is 12.0. The Kier molecular flexibility index (Phi) is 4.12. The molecule has 2 aromatic carbocycles. The Labute approximate surface area is 134 Å². The van der Waals surface area contributed by atoms with Crippen LogP contribution in [0.3, 0.4) is 0 Å². The highest BCUT2D eigenvalue weighted by molar-refractivity contribution is 7.98. The van der Waals surface area contributed by atoms with E-state index in [1.54, 1.807) is 11.8 Å². The highest BCUT2D eigenvalue weighted by Crippen LogP contribution is 2.35. The number of benzene rings is 2. The van der Waals surface area contributed by atoms with Crippen LogP contribution in [0, 0.1) is 0 Å². The standard InChI is InChI=1S/C18H19NO2S/c1-11(2)21-16(20)10-12-8-9-15(22-3)17-13-6-4-5-7-14(13)19-18(12)17/h4-9,11,19H,10H2,1-3H3. The third-order valence-corrected chi connectivity index (χ3v) is 4.41. The second kappa shape index (κ2) is 6.05. The third-order valence-electron chi connectivity index (χ3n) is 3.63. The predicted molar refractivity (Wildman–Crippen MR) is 92.5 cm³/mol. The van der Waals surface area contributed by atoms with Gasteiger partial charge in [0, 0.05) is 21.2 Å². The molecular formula is C18H19NO2S. The number of ether oxygens (including phenoxy) is 1. The lowest BCUT2D eigenvalue weighted by Gasteiger charge is -2.09. The van der Waals surface area contributed by atoms with Crippen molar-refractivity contribution in [2.75, 3.05) is 6.26 Å². The van der Waals surface area contributed by atoms with Crippen molar-refractivity contribution in [3.05, 3.63) is 42.0 Å². The average Bonchev–Trinajstić information content (AvgIpc) is 2.87. The number of carbonyl (C=O) groups excluding carboxylic acids is 1. The zero-order valence-corrected chi connectivity index (χ0v) is 13.8. The number of esters is 1. The zero-order valence-electron chi connectivity index (χ0n) is 13.0. The molecule has 1 N–H and O–H groups in total. The van der Waals surface area contributed by atoms with Crippen molar-refractivity contribution in [1.29, 1.82) is 0 Å². The predicted octanol–water partition coefficient (Wildman–Crippen LogP) is 4.54. The molecule has 3 nitrogen and oxygen atoms in total. The fourth-order valence-corrected chi connectivity index (χ4v) is 3.38. The Morgan fingerprint density at radius 2 is 2.00 bits per heavy atom. The van der Waals surface area contributed by atoms with Crippen molar-refractivity contribution in [2.45, 2.75) is 31.3 Å². The van der Waals surface area contributed by atoms with Gasteiger partial charge in [-0.2, -0.15) is 0 Å².